The van der Waals surface area contributed by atoms with Crippen LogP contribution in [0.15, 0.2) is 29.2 Å². The zero-order valence-corrected chi connectivity index (χ0v) is 11.0. The molecule has 1 aromatic carbocycles. The van der Waals surface area contributed by atoms with Crippen molar-refractivity contribution in [2.24, 2.45) is 0 Å². The van der Waals surface area contributed by atoms with Gasteiger partial charge in [-0.25, -0.2) is 13.1 Å². The van der Waals surface area contributed by atoms with Gasteiger partial charge in [-0.1, -0.05) is 0 Å². The molecule has 2 N–H and O–H groups in total. The Hall–Kier alpha value is -1.33. The summed E-state index contributed by atoms with van der Waals surface area (Å²) in [6.45, 7) is 0. The molecular formula is C8H9F3N2O4S2. The Morgan fingerprint density at radius 2 is 1.47 bits per heavy atom. The maximum atomic E-state index is 12.1. The number of anilines is 1. The molecule has 0 heterocycles. The number of nitrogens with one attached hydrogen (secondary N) is 2. The van der Waals surface area contributed by atoms with Crippen molar-refractivity contribution in [3.63, 3.8) is 0 Å². The van der Waals surface area contributed by atoms with Crippen molar-refractivity contribution in [3.8, 4) is 0 Å². The lowest BCUT2D eigenvalue weighted by Gasteiger charge is -2.10. The number of benzene rings is 1. The average molecular weight is 318 g/mol. The van der Waals surface area contributed by atoms with E-state index in [-0.39, 0.29) is 4.90 Å². The molecule has 0 unspecified atom stereocenters. The lowest BCUT2D eigenvalue weighted by molar-refractivity contribution is -0.0429. The number of halogens is 3. The maximum Gasteiger partial charge on any atom is 0.516 e. The van der Waals surface area contributed by atoms with Crippen LogP contribution in [-0.4, -0.2) is 29.4 Å². The van der Waals surface area contributed by atoms with Crippen molar-refractivity contribution in [2.75, 3.05) is 11.8 Å². The summed E-state index contributed by atoms with van der Waals surface area (Å²) >= 11 is 0. The van der Waals surface area contributed by atoms with Crippen LogP contribution in [0.2, 0.25) is 0 Å². The third-order valence-electron chi connectivity index (χ3n) is 1.99. The molecule has 0 bridgehead atoms. The Balaban J connectivity index is 3.03. The van der Waals surface area contributed by atoms with E-state index in [0.717, 1.165) is 31.3 Å². The molecule has 1 rings (SSSR count). The molecule has 0 aliphatic heterocycles. The van der Waals surface area contributed by atoms with Gasteiger partial charge in [0.1, 0.15) is 0 Å². The first-order chi connectivity index (χ1) is 8.49. The minimum Gasteiger partial charge on any atom is -0.276 e. The molecule has 0 saturated heterocycles. The highest BCUT2D eigenvalue weighted by atomic mass is 32.2. The van der Waals surface area contributed by atoms with E-state index in [1.54, 1.807) is 0 Å². The third kappa shape index (κ3) is 3.58. The van der Waals surface area contributed by atoms with Crippen LogP contribution in [0.5, 0.6) is 0 Å². The van der Waals surface area contributed by atoms with Gasteiger partial charge in [-0.2, -0.15) is 21.6 Å². The molecule has 0 aliphatic rings. The first-order valence-corrected chi connectivity index (χ1v) is 7.59. The predicted molar refractivity (Wildman–Crippen MR) is 61.3 cm³/mol. The molecule has 0 spiro atoms. The largest absolute Gasteiger partial charge is 0.516 e. The standard InChI is InChI=1S/C8H9F3N2O4S2/c1-12-18(14,15)7-4-2-6(3-5-7)13-19(16,17)8(9,10)11/h2-5,12-13H,1H3. The van der Waals surface area contributed by atoms with Crippen LogP contribution < -0.4 is 9.44 Å². The van der Waals surface area contributed by atoms with Gasteiger partial charge in [-0.15, -0.1) is 0 Å². The highest BCUT2D eigenvalue weighted by Crippen LogP contribution is 2.25. The van der Waals surface area contributed by atoms with Gasteiger partial charge in [0.25, 0.3) is 0 Å². The summed E-state index contributed by atoms with van der Waals surface area (Å²) in [6.07, 6.45) is 0. The predicted octanol–water partition coefficient (Wildman–Crippen LogP) is 0.856. The highest BCUT2D eigenvalue weighted by Gasteiger charge is 2.46. The Morgan fingerprint density at radius 1 is 1.00 bits per heavy atom. The lowest BCUT2D eigenvalue weighted by Crippen LogP contribution is -2.29. The van der Waals surface area contributed by atoms with Crippen molar-refractivity contribution in [1.82, 2.24) is 4.72 Å². The van der Waals surface area contributed by atoms with E-state index < -0.39 is 31.2 Å². The number of alkyl halides is 3. The van der Waals surface area contributed by atoms with Crippen LogP contribution in [0.4, 0.5) is 18.9 Å². The molecule has 11 heteroatoms. The van der Waals surface area contributed by atoms with Gasteiger partial charge in [0.15, 0.2) is 0 Å². The van der Waals surface area contributed by atoms with Crippen molar-refractivity contribution in [2.45, 2.75) is 10.4 Å². The van der Waals surface area contributed by atoms with Gasteiger partial charge in [-0.3, -0.25) is 4.72 Å². The van der Waals surface area contributed by atoms with Crippen LogP contribution in [0.25, 0.3) is 0 Å². The zero-order valence-electron chi connectivity index (χ0n) is 9.39. The maximum absolute atomic E-state index is 12.1. The summed E-state index contributed by atoms with van der Waals surface area (Å²) in [7, 11) is -8.09. The van der Waals surface area contributed by atoms with E-state index in [4.69, 9.17) is 0 Å². The minimum absolute atomic E-state index is 0.204. The van der Waals surface area contributed by atoms with E-state index in [9.17, 15) is 30.0 Å². The minimum atomic E-state index is -5.52. The monoisotopic (exact) mass is 318 g/mol. The van der Waals surface area contributed by atoms with E-state index in [1.165, 1.54) is 4.72 Å². The van der Waals surface area contributed by atoms with Crippen molar-refractivity contribution in [3.05, 3.63) is 24.3 Å². The van der Waals surface area contributed by atoms with Crippen LogP contribution in [0, 0.1) is 0 Å². The molecular weight excluding hydrogens is 309 g/mol. The molecule has 19 heavy (non-hydrogen) atoms. The number of hydrogen-bond acceptors (Lipinski definition) is 4. The van der Waals surface area contributed by atoms with E-state index >= 15 is 0 Å². The van der Waals surface area contributed by atoms with Gasteiger partial charge in [0.2, 0.25) is 10.0 Å². The Morgan fingerprint density at radius 3 is 1.84 bits per heavy atom. The smallest absolute Gasteiger partial charge is 0.276 e. The first kappa shape index (κ1) is 15.7. The van der Waals surface area contributed by atoms with E-state index in [1.807, 2.05) is 4.72 Å². The van der Waals surface area contributed by atoms with Gasteiger partial charge in [0, 0.05) is 5.69 Å². The van der Waals surface area contributed by atoms with Crippen molar-refractivity contribution in [1.29, 1.82) is 0 Å². The Labute approximate surface area is 107 Å². The fraction of sp³-hybridized carbons (Fsp3) is 0.250. The molecule has 0 aliphatic carbocycles. The zero-order chi connectivity index (χ0) is 14.9. The van der Waals surface area contributed by atoms with Crippen LogP contribution in [0.1, 0.15) is 0 Å². The molecule has 0 fully saturated rings. The summed E-state index contributed by atoms with van der Waals surface area (Å²) < 4.78 is 83.8. The summed E-state index contributed by atoms with van der Waals surface area (Å²) in [5.41, 5.74) is -5.84. The summed E-state index contributed by atoms with van der Waals surface area (Å²) in [4.78, 5) is -0.204. The number of rotatable bonds is 4. The van der Waals surface area contributed by atoms with E-state index in [2.05, 4.69) is 0 Å². The average Bonchev–Trinajstić information content (AvgIpc) is 2.27. The lowest BCUT2D eigenvalue weighted by atomic mass is 10.3. The van der Waals surface area contributed by atoms with E-state index in [0.29, 0.717) is 0 Å². The fourth-order valence-electron chi connectivity index (χ4n) is 1.03. The van der Waals surface area contributed by atoms with Crippen LogP contribution in [-0.2, 0) is 20.0 Å². The molecule has 6 nitrogen and oxygen atoms in total. The van der Waals surface area contributed by atoms with Gasteiger partial charge in [0.05, 0.1) is 4.90 Å². The normalized spacial score (nSPS) is 13.3. The Bertz CT molecular complexity index is 650. The number of sulfonamides is 2. The molecule has 0 aromatic heterocycles. The second-order valence-electron chi connectivity index (χ2n) is 3.28. The summed E-state index contributed by atoms with van der Waals surface area (Å²) in [6, 6.07) is 3.77. The summed E-state index contributed by atoms with van der Waals surface area (Å²) in [5.74, 6) is 0. The topological polar surface area (TPSA) is 92.3 Å². The number of hydrogen-bond donors (Lipinski definition) is 2. The second kappa shape index (κ2) is 4.98. The molecule has 0 atom stereocenters. The van der Waals surface area contributed by atoms with Gasteiger partial charge in [-0.05, 0) is 31.3 Å². The van der Waals surface area contributed by atoms with Gasteiger partial charge < -0.3 is 0 Å². The third-order valence-corrected chi connectivity index (χ3v) is 4.53. The van der Waals surface area contributed by atoms with Crippen molar-refractivity contribution >= 4 is 25.7 Å². The fourth-order valence-corrected chi connectivity index (χ4v) is 2.33. The first-order valence-electron chi connectivity index (χ1n) is 4.62. The Kier molecular flexibility index (Phi) is 4.12. The molecule has 108 valence electrons. The summed E-state index contributed by atoms with van der Waals surface area (Å²) in [5, 5.41) is 0. The molecule has 0 radical (unpaired) electrons. The van der Waals surface area contributed by atoms with Gasteiger partial charge >= 0.3 is 15.5 Å². The van der Waals surface area contributed by atoms with Crippen molar-refractivity contribution < 1.29 is 30.0 Å². The molecule has 1 aromatic rings. The molecule has 0 amide bonds. The quantitative estimate of drug-likeness (QED) is 0.861. The second-order valence-corrected chi connectivity index (χ2v) is 6.84. The van der Waals surface area contributed by atoms with Crippen LogP contribution >= 0.6 is 0 Å². The SMILES string of the molecule is CNS(=O)(=O)c1ccc(NS(=O)(=O)C(F)(F)F)cc1. The highest BCUT2D eigenvalue weighted by molar-refractivity contribution is 7.93. The van der Waals surface area contributed by atoms with Crippen LogP contribution in [0.3, 0.4) is 0 Å². The molecule has 0 saturated carbocycles.